The number of phenols is 2. The number of aromatic nitrogens is 1. The first-order chi connectivity index (χ1) is 15.8. The van der Waals surface area contributed by atoms with Crippen molar-refractivity contribution in [3.05, 3.63) is 97.3 Å². The molecule has 0 unspecified atom stereocenters. The van der Waals surface area contributed by atoms with Gasteiger partial charge in [0.15, 0.2) is 6.54 Å². The van der Waals surface area contributed by atoms with E-state index in [1.165, 1.54) is 36.4 Å². The second-order valence-corrected chi connectivity index (χ2v) is 6.98. The Morgan fingerprint density at radius 1 is 0.788 bits per heavy atom. The van der Waals surface area contributed by atoms with E-state index in [0.717, 1.165) is 0 Å². The molecule has 0 fully saturated rings. The lowest BCUT2D eigenvalue weighted by atomic mass is 10.1. The number of pyridine rings is 1. The molecule has 3 rings (SSSR count). The van der Waals surface area contributed by atoms with Crippen molar-refractivity contribution in [3.63, 3.8) is 0 Å². The Bertz CT molecular complexity index is 1180. The second kappa shape index (κ2) is 10.2. The molecular weight excluding hydrogens is 428 g/mol. The molecule has 0 saturated carbocycles. The number of nitro groups is 2. The first-order valence-corrected chi connectivity index (χ1v) is 9.84. The fraction of sp³-hybridized carbons (Fsp3) is 0.0870. The molecule has 2 aromatic carbocycles. The van der Waals surface area contributed by atoms with E-state index in [9.17, 15) is 30.4 Å². The van der Waals surface area contributed by atoms with Gasteiger partial charge in [-0.3, -0.25) is 20.2 Å². The van der Waals surface area contributed by atoms with Gasteiger partial charge in [-0.1, -0.05) is 0 Å². The minimum Gasteiger partial charge on any atom is -0.507 e. The van der Waals surface area contributed by atoms with Crippen LogP contribution in [0, 0.1) is 20.2 Å². The summed E-state index contributed by atoms with van der Waals surface area (Å²) in [6.45, 7) is 0.752. The monoisotopic (exact) mass is 449 g/mol. The van der Waals surface area contributed by atoms with Gasteiger partial charge in [0.2, 0.25) is 11.4 Å². The molecule has 0 atom stereocenters. The number of aromatic hydroxyl groups is 2. The molecule has 4 N–H and O–H groups in total. The van der Waals surface area contributed by atoms with E-state index in [4.69, 9.17) is 5.73 Å². The second-order valence-electron chi connectivity index (χ2n) is 6.98. The highest BCUT2D eigenvalue weighted by Crippen LogP contribution is 2.26. The summed E-state index contributed by atoms with van der Waals surface area (Å²) in [6, 6.07) is 12.9. The molecule has 3 aromatic rings. The molecule has 168 valence electrons. The summed E-state index contributed by atoms with van der Waals surface area (Å²) in [6.07, 6.45) is 6.50. The van der Waals surface area contributed by atoms with Crippen molar-refractivity contribution in [2.45, 2.75) is 6.54 Å². The predicted octanol–water partition coefficient (Wildman–Crippen LogP) is 3.50. The number of nitrogens with two attached hydrogens (primary N) is 1. The Morgan fingerprint density at radius 3 is 1.64 bits per heavy atom. The molecule has 0 spiro atoms. The van der Waals surface area contributed by atoms with Crippen LogP contribution in [0.15, 0.2) is 54.6 Å². The van der Waals surface area contributed by atoms with Gasteiger partial charge < -0.3 is 15.9 Å². The van der Waals surface area contributed by atoms with Crippen molar-refractivity contribution in [3.8, 4) is 11.5 Å². The lowest BCUT2D eigenvalue weighted by molar-refractivity contribution is -0.697. The number of rotatable bonds is 8. The summed E-state index contributed by atoms with van der Waals surface area (Å²) in [4.78, 5) is 20.9. The van der Waals surface area contributed by atoms with E-state index >= 15 is 0 Å². The summed E-state index contributed by atoms with van der Waals surface area (Å²) in [5.74, 6) is -0.196. The van der Waals surface area contributed by atoms with Crippen LogP contribution in [0.1, 0.15) is 22.5 Å². The third kappa shape index (κ3) is 5.57. The first kappa shape index (κ1) is 23.1. The van der Waals surface area contributed by atoms with Crippen molar-refractivity contribution in [1.29, 1.82) is 0 Å². The van der Waals surface area contributed by atoms with Crippen LogP contribution in [0.5, 0.6) is 11.5 Å². The molecule has 0 radical (unpaired) electrons. The maximum atomic E-state index is 11.0. The van der Waals surface area contributed by atoms with Gasteiger partial charge in [0.05, 0.1) is 16.4 Å². The van der Waals surface area contributed by atoms with Crippen molar-refractivity contribution in [2.24, 2.45) is 5.73 Å². The zero-order valence-electron chi connectivity index (χ0n) is 17.4. The quantitative estimate of drug-likeness (QED) is 0.270. The molecule has 0 aliphatic rings. The van der Waals surface area contributed by atoms with Crippen LogP contribution in [0.2, 0.25) is 0 Å². The van der Waals surface area contributed by atoms with Crippen molar-refractivity contribution >= 4 is 35.7 Å². The van der Waals surface area contributed by atoms with Crippen LogP contribution in [0.3, 0.4) is 0 Å². The Hall–Kier alpha value is -4.57. The van der Waals surface area contributed by atoms with Gasteiger partial charge in [-0.2, -0.15) is 4.57 Å². The Kier molecular flexibility index (Phi) is 7.11. The van der Waals surface area contributed by atoms with E-state index in [1.54, 1.807) is 30.4 Å². The maximum absolute atomic E-state index is 11.0. The average Bonchev–Trinajstić information content (AvgIpc) is 2.79. The van der Waals surface area contributed by atoms with Gasteiger partial charge in [0, 0.05) is 59.7 Å². The molecule has 10 nitrogen and oxygen atoms in total. The number of benzene rings is 2. The number of hydrogen-bond donors (Lipinski definition) is 3. The van der Waals surface area contributed by atoms with Crippen molar-refractivity contribution in [1.82, 2.24) is 0 Å². The molecule has 1 heterocycles. The van der Waals surface area contributed by atoms with Crippen LogP contribution in [-0.4, -0.2) is 26.6 Å². The lowest BCUT2D eigenvalue weighted by Crippen LogP contribution is -2.43. The number of nitro benzene ring substituents is 2. The molecule has 0 amide bonds. The highest BCUT2D eigenvalue weighted by atomic mass is 16.6. The largest absolute Gasteiger partial charge is 0.507 e. The topological polar surface area (TPSA) is 157 Å². The van der Waals surface area contributed by atoms with E-state index in [0.29, 0.717) is 24.5 Å². The number of nitrogens with zero attached hydrogens (tertiary/aromatic N) is 3. The van der Waals surface area contributed by atoms with E-state index < -0.39 is 9.85 Å². The van der Waals surface area contributed by atoms with Gasteiger partial charge in [-0.25, -0.2) is 0 Å². The van der Waals surface area contributed by atoms with E-state index in [1.807, 2.05) is 16.7 Å². The molecular formula is C23H21N4O6+. The normalized spacial score (nSPS) is 11.3. The fourth-order valence-corrected chi connectivity index (χ4v) is 3.18. The average molecular weight is 449 g/mol. The summed E-state index contributed by atoms with van der Waals surface area (Å²) in [7, 11) is 0. The summed E-state index contributed by atoms with van der Waals surface area (Å²) >= 11 is 0. The van der Waals surface area contributed by atoms with E-state index in [-0.39, 0.29) is 34.0 Å². The Balaban J connectivity index is 1.99. The standard InChI is InChI=1S/C23H20N4O6/c24-12-13-25-18(6-4-16-14-20(26(30)31)8-10-22(16)28)2-1-3-19(25)7-5-17-15-21(27(32)33)9-11-23(17)29/h1-11,14-15H,12-13,24H2,(H,28,29)/p+1. The maximum Gasteiger partial charge on any atom is 0.270 e. The van der Waals surface area contributed by atoms with Crippen LogP contribution < -0.4 is 10.3 Å². The highest BCUT2D eigenvalue weighted by Gasteiger charge is 2.14. The summed E-state index contributed by atoms with van der Waals surface area (Å²) in [5.41, 5.74) is 7.46. The Morgan fingerprint density at radius 2 is 1.24 bits per heavy atom. The molecule has 0 saturated heterocycles. The first-order valence-electron chi connectivity index (χ1n) is 9.84. The fourth-order valence-electron chi connectivity index (χ4n) is 3.18. The van der Waals surface area contributed by atoms with Crippen LogP contribution in [0.25, 0.3) is 24.3 Å². The molecule has 10 heteroatoms. The number of phenolic OH excluding ortho intramolecular Hbond substituents is 2. The third-order valence-electron chi connectivity index (χ3n) is 4.82. The van der Waals surface area contributed by atoms with Crippen molar-refractivity contribution < 1.29 is 24.6 Å². The number of non-ortho nitro benzene ring substituents is 2. The minimum atomic E-state index is -0.542. The number of hydrogen-bond acceptors (Lipinski definition) is 7. The molecule has 0 bridgehead atoms. The zero-order chi connectivity index (χ0) is 24.0. The van der Waals surface area contributed by atoms with Crippen LogP contribution in [0.4, 0.5) is 11.4 Å². The summed E-state index contributed by atoms with van der Waals surface area (Å²) in [5, 5.41) is 42.1. The third-order valence-corrected chi connectivity index (χ3v) is 4.82. The van der Waals surface area contributed by atoms with Gasteiger partial charge in [-0.05, 0) is 30.4 Å². The smallest absolute Gasteiger partial charge is 0.270 e. The van der Waals surface area contributed by atoms with Gasteiger partial charge in [0.25, 0.3) is 11.4 Å². The lowest BCUT2D eigenvalue weighted by Gasteiger charge is -2.04. The van der Waals surface area contributed by atoms with E-state index in [2.05, 4.69) is 0 Å². The van der Waals surface area contributed by atoms with Gasteiger partial charge in [-0.15, -0.1) is 0 Å². The molecule has 0 aliphatic carbocycles. The SMILES string of the molecule is NCC[n+]1c(/C=C/c2cc([N+](=O)[O-])ccc2O)cccc1/C=C/c1cc([N+](=O)[O-])ccc1O. The van der Waals surface area contributed by atoms with Gasteiger partial charge in [0.1, 0.15) is 11.5 Å². The van der Waals surface area contributed by atoms with Crippen LogP contribution >= 0.6 is 0 Å². The minimum absolute atomic E-state index is 0.0978. The summed E-state index contributed by atoms with van der Waals surface area (Å²) < 4.78 is 1.87. The highest BCUT2D eigenvalue weighted by molar-refractivity contribution is 5.73. The van der Waals surface area contributed by atoms with Gasteiger partial charge >= 0.3 is 0 Å². The molecule has 33 heavy (non-hydrogen) atoms. The van der Waals surface area contributed by atoms with Crippen molar-refractivity contribution in [2.75, 3.05) is 6.54 Å². The predicted molar refractivity (Wildman–Crippen MR) is 123 cm³/mol. The Labute approximate surface area is 188 Å². The van der Waals surface area contributed by atoms with Crippen LogP contribution in [-0.2, 0) is 6.54 Å². The molecule has 1 aromatic heterocycles. The molecule has 0 aliphatic heterocycles. The zero-order valence-corrected chi connectivity index (χ0v) is 17.4.